The highest BCUT2D eigenvalue weighted by atomic mass is 19.1. The molecule has 1 unspecified atom stereocenters. The molecule has 2 aromatic carbocycles. The van der Waals surface area contributed by atoms with Crippen molar-refractivity contribution >= 4 is 28.7 Å². The summed E-state index contributed by atoms with van der Waals surface area (Å²) in [6.07, 6.45) is 1.70. The third kappa shape index (κ3) is 5.09. The van der Waals surface area contributed by atoms with Gasteiger partial charge in [-0.2, -0.15) is 0 Å². The third-order valence-corrected chi connectivity index (χ3v) is 5.42. The molecular formula is C25H26FNO4. The predicted octanol–water partition coefficient (Wildman–Crippen LogP) is 4.53. The molecule has 31 heavy (non-hydrogen) atoms. The third-order valence-electron chi connectivity index (χ3n) is 5.42. The predicted molar refractivity (Wildman–Crippen MR) is 118 cm³/mol. The van der Waals surface area contributed by atoms with E-state index in [9.17, 15) is 19.1 Å². The molecule has 0 fully saturated rings. The van der Waals surface area contributed by atoms with Crippen molar-refractivity contribution in [2.75, 3.05) is 7.11 Å². The Morgan fingerprint density at radius 2 is 1.84 bits per heavy atom. The van der Waals surface area contributed by atoms with Gasteiger partial charge in [-0.1, -0.05) is 50.3 Å². The minimum absolute atomic E-state index is 0.178. The standard InChI is InChI=1S/C25H26FNO4/c1-25(2,16-8-10-17(26)11-9-16)24-20-6-4-5-7-21(20)27-22(24)13-12-18(28)14-19(29)15-23(30)31-3/h4-13,18,27-28H,14-15H2,1-3H3/b13-12+. The molecule has 3 rings (SSSR count). The van der Waals surface area contributed by atoms with Crippen LogP contribution < -0.4 is 0 Å². The zero-order valence-corrected chi connectivity index (χ0v) is 17.8. The maximum atomic E-state index is 13.5. The normalized spacial score (nSPS) is 12.9. The summed E-state index contributed by atoms with van der Waals surface area (Å²) in [7, 11) is 1.21. The zero-order chi connectivity index (χ0) is 22.6. The van der Waals surface area contributed by atoms with Gasteiger partial charge in [0.1, 0.15) is 18.0 Å². The fraction of sp³-hybridized carbons (Fsp3) is 0.280. The first-order chi connectivity index (χ1) is 14.7. The number of ketones is 1. The lowest BCUT2D eigenvalue weighted by Gasteiger charge is -2.26. The summed E-state index contributed by atoms with van der Waals surface area (Å²) in [4.78, 5) is 26.5. The minimum atomic E-state index is -1.04. The average molecular weight is 423 g/mol. The molecule has 1 aromatic heterocycles. The first-order valence-electron chi connectivity index (χ1n) is 10.0. The van der Waals surface area contributed by atoms with Crippen molar-refractivity contribution in [2.45, 2.75) is 38.2 Å². The van der Waals surface area contributed by atoms with Crippen molar-refractivity contribution in [3.8, 4) is 0 Å². The van der Waals surface area contributed by atoms with E-state index in [1.165, 1.54) is 25.3 Å². The van der Waals surface area contributed by atoms with Crippen molar-refractivity contribution in [1.29, 1.82) is 0 Å². The van der Waals surface area contributed by atoms with E-state index in [1.54, 1.807) is 18.2 Å². The van der Waals surface area contributed by atoms with Crippen LogP contribution in [0.15, 0.2) is 54.6 Å². The first kappa shape index (κ1) is 22.4. The fourth-order valence-corrected chi connectivity index (χ4v) is 3.79. The van der Waals surface area contributed by atoms with Crippen LogP contribution in [0.4, 0.5) is 4.39 Å². The molecule has 0 aliphatic carbocycles. The van der Waals surface area contributed by atoms with Crippen LogP contribution in [0, 0.1) is 5.82 Å². The number of esters is 1. The number of halogens is 1. The average Bonchev–Trinajstić information content (AvgIpc) is 3.11. The fourth-order valence-electron chi connectivity index (χ4n) is 3.79. The Kier molecular flexibility index (Phi) is 6.71. The van der Waals surface area contributed by atoms with Crippen LogP contribution in [0.25, 0.3) is 17.0 Å². The molecular weight excluding hydrogens is 397 g/mol. The van der Waals surface area contributed by atoms with Gasteiger partial charge >= 0.3 is 5.97 Å². The summed E-state index contributed by atoms with van der Waals surface area (Å²) in [6.45, 7) is 4.12. The Balaban J connectivity index is 1.94. The Morgan fingerprint density at radius 3 is 2.52 bits per heavy atom. The van der Waals surface area contributed by atoms with Crippen molar-refractivity contribution in [3.63, 3.8) is 0 Å². The lowest BCUT2D eigenvalue weighted by Crippen LogP contribution is -2.20. The number of ether oxygens (including phenoxy) is 1. The number of aliphatic hydroxyl groups excluding tert-OH is 1. The second-order valence-electron chi connectivity index (χ2n) is 8.01. The van der Waals surface area contributed by atoms with Gasteiger partial charge in [-0.25, -0.2) is 4.39 Å². The van der Waals surface area contributed by atoms with Gasteiger partial charge in [0.15, 0.2) is 0 Å². The summed E-state index contributed by atoms with van der Waals surface area (Å²) >= 11 is 0. The summed E-state index contributed by atoms with van der Waals surface area (Å²) in [5.74, 6) is -1.31. The van der Waals surface area contributed by atoms with E-state index in [1.807, 2.05) is 24.3 Å². The van der Waals surface area contributed by atoms with E-state index < -0.39 is 23.3 Å². The number of H-pyrrole nitrogens is 1. The Hall–Kier alpha value is -3.25. The van der Waals surface area contributed by atoms with Crippen molar-refractivity contribution < 1.29 is 23.8 Å². The van der Waals surface area contributed by atoms with Gasteiger partial charge in [0.05, 0.1) is 13.2 Å². The van der Waals surface area contributed by atoms with Crippen LogP contribution in [0.1, 0.15) is 43.5 Å². The van der Waals surface area contributed by atoms with Gasteiger partial charge in [-0.3, -0.25) is 9.59 Å². The highest BCUT2D eigenvalue weighted by Crippen LogP contribution is 2.39. The molecule has 162 valence electrons. The lowest BCUT2D eigenvalue weighted by molar-refractivity contribution is -0.143. The highest BCUT2D eigenvalue weighted by molar-refractivity contribution is 5.95. The van der Waals surface area contributed by atoms with Gasteiger partial charge in [0, 0.05) is 28.4 Å². The number of aliphatic hydroxyl groups is 1. The number of methoxy groups -OCH3 is 1. The number of benzene rings is 2. The largest absolute Gasteiger partial charge is 0.469 e. The van der Waals surface area contributed by atoms with Crippen LogP contribution in [-0.4, -0.2) is 35.1 Å². The Morgan fingerprint density at radius 1 is 1.16 bits per heavy atom. The van der Waals surface area contributed by atoms with E-state index in [0.717, 1.165) is 27.7 Å². The van der Waals surface area contributed by atoms with E-state index in [2.05, 4.69) is 23.6 Å². The monoisotopic (exact) mass is 423 g/mol. The van der Waals surface area contributed by atoms with Crippen LogP contribution in [0.5, 0.6) is 0 Å². The first-order valence-corrected chi connectivity index (χ1v) is 10.0. The quantitative estimate of drug-likeness (QED) is 0.412. The molecule has 6 heteroatoms. The van der Waals surface area contributed by atoms with Crippen molar-refractivity contribution in [1.82, 2.24) is 4.98 Å². The number of rotatable bonds is 8. The topological polar surface area (TPSA) is 79.4 Å². The maximum Gasteiger partial charge on any atom is 0.313 e. The molecule has 1 heterocycles. The summed E-state index contributed by atoms with van der Waals surface area (Å²) in [5.41, 5.74) is 3.21. The molecule has 3 aromatic rings. The number of aromatic amines is 1. The second-order valence-corrected chi connectivity index (χ2v) is 8.01. The summed E-state index contributed by atoms with van der Waals surface area (Å²) in [5, 5.41) is 11.3. The molecule has 0 spiro atoms. The van der Waals surface area contributed by atoms with Crippen molar-refractivity contribution in [2.24, 2.45) is 0 Å². The minimum Gasteiger partial charge on any atom is -0.469 e. The molecule has 0 bridgehead atoms. The number of aromatic nitrogens is 1. The number of hydrogen-bond acceptors (Lipinski definition) is 4. The number of Topliss-reactive ketones (excluding diaryl/α,β-unsaturated/α-hetero) is 1. The number of carbonyl (C=O) groups is 2. The highest BCUT2D eigenvalue weighted by Gasteiger charge is 2.29. The molecule has 0 saturated heterocycles. The molecule has 0 radical (unpaired) electrons. The van der Waals surface area contributed by atoms with Crippen molar-refractivity contribution in [3.05, 3.63) is 77.2 Å². The van der Waals surface area contributed by atoms with Gasteiger partial charge in [0.2, 0.25) is 0 Å². The van der Waals surface area contributed by atoms with Gasteiger partial charge < -0.3 is 14.8 Å². The van der Waals surface area contributed by atoms with E-state index in [0.29, 0.717) is 0 Å². The zero-order valence-electron chi connectivity index (χ0n) is 17.8. The molecule has 0 amide bonds. The summed E-state index contributed by atoms with van der Waals surface area (Å²) < 4.78 is 17.9. The molecule has 0 saturated carbocycles. The summed E-state index contributed by atoms with van der Waals surface area (Å²) in [6, 6.07) is 14.3. The van der Waals surface area contributed by atoms with Crippen LogP contribution in [-0.2, 0) is 19.7 Å². The number of para-hydroxylation sites is 1. The smallest absolute Gasteiger partial charge is 0.313 e. The maximum absolute atomic E-state index is 13.5. The number of carbonyl (C=O) groups excluding carboxylic acids is 2. The van der Waals surface area contributed by atoms with Gasteiger partial charge in [-0.05, 0) is 35.4 Å². The van der Waals surface area contributed by atoms with Gasteiger partial charge in [0.25, 0.3) is 0 Å². The number of hydrogen-bond donors (Lipinski definition) is 2. The Bertz CT molecular complexity index is 1110. The van der Waals surface area contributed by atoms with Gasteiger partial charge in [-0.15, -0.1) is 0 Å². The van der Waals surface area contributed by atoms with Crippen LogP contribution in [0.3, 0.4) is 0 Å². The van der Waals surface area contributed by atoms with E-state index >= 15 is 0 Å². The number of fused-ring (bicyclic) bond motifs is 1. The second kappa shape index (κ2) is 9.27. The molecule has 5 nitrogen and oxygen atoms in total. The SMILES string of the molecule is COC(=O)CC(=O)CC(O)/C=C/c1[nH]c2ccccc2c1C(C)(C)c1ccc(F)cc1. The van der Waals surface area contributed by atoms with E-state index in [-0.39, 0.29) is 18.7 Å². The molecule has 0 aliphatic rings. The Labute approximate surface area is 180 Å². The van der Waals surface area contributed by atoms with Crippen LogP contribution >= 0.6 is 0 Å². The molecule has 2 N–H and O–H groups in total. The van der Waals surface area contributed by atoms with Crippen LogP contribution in [0.2, 0.25) is 0 Å². The van der Waals surface area contributed by atoms with E-state index in [4.69, 9.17) is 0 Å². The lowest BCUT2D eigenvalue weighted by atomic mass is 9.76. The number of nitrogens with one attached hydrogen (secondary N) is 1. The molecule has 0 aliphatic heterocycles. The molecule has 1 atom stereocenters.